The molecule has 92 valence electrons. The fraction of sp³-hybridized carbons (Fsp3) is 0.818. The summed E-state index contributed by atoms with van der Waals surface area (Å²) in [6.07, 6.45) is 3.07. The lowest BCUT2D eigenvalue weighted by molar-refractivity contribution is -0.143. The zero-order chi connectivity index (χ0) is 12.1. The van der Waals surface area contributed by atoms with E-state index in [1.165, 1.54) is 0 Å². The molecule has 1 unspecified atom stereocenters. The molecule has 0 aromatic rings. The third-order valence-corrected chi connectivity index (χ3v) is 3.20. The number of carbonyl (C=O) groups excluding carboxylic acids is 1. The van der Waals surface area contributed by atoms with Crippen LogP contribution in [0.4, 0.5) is 0 Å². The highest BCUT2D eigenvalue weighted by molar-refractivity contribution is 5.80. The Kier molecular flexibility index (Phi) is 4.73. The van der Waals surface area contributed by atoms with E-state index in [4.69, 9.17) is 5.11 Å². The summed E-state index contributed by atoms with van der Waals surface area (Å²) >= 11 is 0. The highest BCUT2D eigenvalue weighted by Crippen LogP contribution is 2.24. The van der Waals surface area contributed by atoms with Crippen LogP contribution in [0.2, 0.25) is 0 Å². The largest absolute Gasteiger partial charge is 0.481 e. The molecule has 0 aliphatic heterocycles. The summed E-state index contributed by atoms with van der Waals surface area (Å²) in [7, 11) is 1.61. The van der Waals surface area contributed by atoms with Crippen molar-refractivity contribution in [2.24, 2.45) is 5.92 Å². The van der Waals surface area contributed by atoms with Crippen molar-refractivity contribution in [2.75, 3.05) is 7.05 Å². The molecule has 5 nitrogen and oxygen atoms in total. The van der Waals surface area contributed by atoms with Gasteiger partial charge in [-0.25, -0.2) is 0 Å². The van der Waals surface area contributed by atoms with Crippen molar-refractivity contribution < 1.29 is 14.7 Å². The first kappa shape index (κ1) is 13.0. The zero-order valence-electron chi connectivity index (χ0n) is 9.82. The van der Waals surface area contributed by atoms with Crippen molar-refractivity contribution in [2.45, 2.75) is 44.7 Å². The molecule has 0 spiro atoms. The van der Waals surface area contributed by atoms with Crippen LogP contribution in [0.15, 0.2) is 0 Å². The molecule has 1 aliphatic rings. The van der Waals surface area contributed by atoms with E-state index in [1.807, 2.05) is 6.92 Å². The molecule has 0 heterocycles. The number of hydrogen-bond acceptors (Lipinski definition) is 3. The van der Waals surface area contributed by atoms with E-state index in [9.17, 15) is 9.59 Å². The fourth-order valence-electron chi connectivity index (χ4n) is 2.15. The number of hydrogen-bond donors (Lipinski definition) is 3. The third-order valence-electron chi connectivity index (χ3n) is 3.20. The Labute approximate surface area is 95.6 Å². The second kappa shape index (κ2) is 5.84. The van der Waals surface area contributed by atoms with Gasteiger partial charge in [0.15, 0.2) is 0 Å². The number of carboxylic acids is 1. The minimum Gasteiger partial charge on any atom is -0.481 e. The molecule has 0 radical (unpaired) electrons. The minimum absolute atomic E-state index is 0.0274. The molecular formula is C11H20N2O3. The molecule has 3 N–H and O–H groups in total. The molecular weight excluding hydrogens is 208 g/mol. The first-order valence-electron chi connectivity index (χ1n) is 5.75. The van der Waals surface area contributed by atoms with Crippen LogP contribution in [-0.2, 0) is 9.59 Å². The highest BCUT2D eigenvalue weighted by atomic mass is 16.4. The molecule has 1 amide bonds. The standard InChI is InChI=1S/C11H20N2O3/c1-7(10(14)12-2)13-9-5-3-8(4-6-9)11(15)16/h7-9,13H,3-6H2,1-2H3,(H,12,14)(H,15,16). The first-order chi connectivity index (χ1) is 7.54. The van der Waals surface area contributed by atoms with Crippen LogP contribution in [0, 0.1) is 5.92 Å². The van der Waals surface area contributed by atoms with Crippen LogP contribution in [0.1, 0.15) is 32.6 Å². The van der Waals surface area contributed by atoms with Crippen molar-refractivity contribution in [1.29, 1.82) is 0 Å². The fourth-order valence-corrected chi connectivity index (χ4v) is 2.15. The van der Waals surface area contributed by atoms with Crippen molar-refractivity contribution in [3.05, 3.63) is 0 Å². The summed E-state index contributed by atoms with van der Waals surface area (Å²) in [5, 5.41) is 14.7. The summed E-state index contributed by atoms with van der Waals surface area (Å²) in [6, 6.07) is 0.0549. The number of carboxylic acid groups (broad SMARTS) is 1. The summed E-state index contributed by atoms with van der Waals surface area (Å²) in [5.74, 6) is -0.925. The number of rotatable bonds is 4. The Morgan fingerprint density at radius 1 is 1.25 bits per heavy atom. The molecule has 0 bridgehead atoms. The SMILES string of the molecule is CNC(=O)C(C)NC1CCC(C(=O)O)CC1. The topological polar surface area (TPSA) is 78.4 Å². The zero-order valence-corrected chi connectivity index (χ0v) is 9.82. The van der Waals surface area contributed by atoms with Crippen molar-refractivity contribution in [3.8, 4) is 0 Å². The lowest BCUT2D eigenvalue weighted by Crippen LogP contribution is -2.47. The van der Waals surface area contributed by atoms with Crippen LogP contribution < -0.4 is 10.6 Å². The van der Waals surface area contributed by atoms with Gasteiger partial charge in [-0.3, -0.25) is 9.59 Å². The van der Waals surface area contributed by atoms with Gasteiger partial charge in [-0.15, -0.1) is 0 Å². The molecule has 1 saturated carbocycles. The van der Waals surface area contributed by atoms with Gasteiger partial charge in [0, 0.05) is 13.1 Å². The number of amides is 1. The Morgan fingerprint density at radius 3 is 2.25 bits per heavy atom. The maximum Gasteiger partial charge on any atom is 0.306 e. The molecule has 1 rings (SSSR count). The van der Waals surface area contributed by atoms with E-state index in [2.05, 4.69) is 10.6 Å². The van der Waals surface area contributed by atoms with E-state index in [1.54, 1.807) is 7.05 Å². The van der Waals surface area contributed by atoms with Gasteiger partial charge in [0.25, 0.3) is 0 Å². The van der Waals surface area contributed by atoms with Gasteiger partial charge in [0.2, 0.25) is 5.91 Å². The summed E-state index contributed by atoms with van der Waals surface area (Å²) in [4.78, 5) is 22.0. The number of aliphatic carboxylic acids is 1. The van der Waals surface area contributed by atoms with Crippen LogP contribution in [0.5, 0.6) is 0 Å². The second-order valence-electron chi connectivity index (χ2n) is 4.39. The second-order valence-corrected chi connectivity index (χ2v) is 4.39. The van der Waals surface area contributed by atoms with Gasteiger partial charge in [0.1, 0.15) is 0 Å². The molecule has 1 aliphatic carbocycles. The maximum absolute atomic E-state index is 11.3. The van der Waals surface area contributed by atoms with Crippen molar-refractivity contribution in [1.82, 2.24) is 10.6 Å². The van der Waals surface area contributed by atoms with Crippen LogP contribution in [0.25, 0.3) is 0 Å². The molecule has 1 atom stereocenters. The lowest BCUT2D eigenvalue weighted by Gasteiger charge is -2.28. The third kappa shape index (κ3) is 3.48. The summed E-state index contributed by atoms with van der Waals surface area (Å²) < 4.78 is 0. The Morgan fingerprint density at radius 2 is 1.81 bits per heavy atom. The molecule has 1 fully saturated rings. The minimum atomic E-state index is -0.696. The average Bonchev–Trinajstić information content (AvgIpc) is 2.28. The van der Waals surface area contributed by atoms with Gasteiger partial charge in [-0.2, -0.15) is 0 Å². The van der Waals surface area contributed by atoms with Crippen LogP contribution in [0.3, 0.4) is 0 Å². The monoisotopic (exact) mass is 228 g/mol. The first-order valence-corrected chi connectivity index (χ1v) is 5.75. The van der Waals surface area contributed by atoms with Crippen molar-refractivity contribution in [3.63, 3.8) is 0 Å². The molecule has 16 heavy (non-hydrogen) atoms. The molecule has 0 saturated heterocycles. The molecule has 0 aromatic heterocycles. The van der Waals surface area contributed by atoms with Crippen LogP contribution in [-0.4, -0.2) is 36.1 Å². The predicted octanol–water partition coefficient (Wildman–Crippen LogP) is 0.354. The van der Waals surface area contributed by atoms with E-state index in [0.29, 0.717) is 12.8 Å². The van der Waals surface area contributed by atoms with Crippen molar-refractivity contribution >= 4 is 11.9 Å². The Hall–Kier alpha value is -1.10. The number of nitrogens with one attached hydrogen (secondary N) is 2. The Bertz CT molecular complexity index is 260. The van der Waals surface area contributed by atoms with Gasteiger partial charge in [0.05, 0.1) is 12.0 Å². The van der Waals surface area contributed by atoms with Gasteiger partial charge >= 0.3 is 5.97 Å². The maximum atomic E-state index is 11.3. The predicted molar refractivity (Wildman–Crippen MR) is 60.0 cm³/mol. The summed E-state index contributed by atoms with van der Waals surface area (Å²) in [5.41, 5.74) is 0. The van der Waals surface area contributed by atoms with E-state index < -0.39 is 5.97 Å². The smallest absolute Gasteiger partial charge is 0.306 e. The molecule has 5 heteroatoms. The van der Waals surface area contributed by atoms with Gasteiger partial charge in [-0.1, -0.05) is 0 Å². The van der Waals surface area contributed by atoms with E-state index in [0.717, 1.165) is 12.8 Å². The van der Waals surface area contributed by atoms with Gasteiger partial charge in [-0.05, 0) is 32.6 Å². The Balaban J connectivity index is 2.32. The summed E-state index contributed by atoms with van der Waals surface area (Å²) in [6.45, 7) is 1.82. The van der Waals surface area contributed by atoms with Crippen LogP contribution >= 0.6 is 0 Å². The van der Waals surface area contributed by atoms with E-state index in [-0.39, 0.29) is 23.9 Å². The normalized spacial score (nSPS) is 27.1. The van der Waals surface area contributed by atoms with E-state index >= 15 is 0 Å². The quantitative estimate of drug-likeness (QED) is 0.649. The lowest BCUT2D eigenvalue weighted by atomic mass is 9.86. The highest BCUT2D eigenvalue weighted by Gasteiger charge is 2.27. The van der Waals surface area contributed by atoms with Gasteiger partial charge < -0.3 is 15.7 Å². The number of likely N-dealkylation sites (N-methyl/N-ethyl adjacent to an activating group) is 1. The molecule has 0 aromatic carbocycles. The number of carbonyl (C=O) groups is 2. The average molecular weight is 228 g/mol.